The Bertz CT molecular complexity index is 673. The van der Waals surface area contributed by atoms with Gasteiger partial charge >= 0.3 is 0 Å². The molecule has 0 atom stereocenters. The normalized spacial score (nSPS) is 10.6. The van der Waals surface area contributed by atoms with Crippen LogP contribution in [0.2, 0.25) is 0 Å². The number of hydrogen-bond donors (Lipinski definition) is 0. The van der Waals surface area contributed by atoms with Crippen molar-refractivity contribution in [1.82, 2.24) is 0 Å². The molecule has 0 aliphatic heterocycles. The summed E-state index contributed by atoms with van der Waals surface area (Å²) in [6.07, 6.45) is 0. The Morgan fingerprint density at radius 3 is 2.26 bits per heavy atom. The van der Waals surface area contributed by atoms with Crippen LogP contribution < -0.4 is 0 Å². The summed E-state index contributed by atoms with van der Waals surface area (Å²) in [5.41, 5.74) is -0.307. The molecule has 0 amide bonds. The first-order chi connectivity index (χ1) is 8.90. The van der Waals surface area contributed by atoms with Crippen LogP contribution in [0, 0.1) is 21.0 Å². The molecule has 0 heterocycles. The van der Waals surface area contributed by atoms with Crippen LogP contribution >= 0.6 is 38.5 Å². The molecule has 0 spiro atoms. The maximum atomic E-state index is 13.6. The molecule has 2 aromatic carbocycles. The van der Waals surface area contributed by atoms with Gasteiger partial charge in [-0.2, -0.15) is 0 Å². The molecular formula is C13H5BrF3IO. The third-order valence-electron chi connectivity index (χ3n) is 2.43. The predicted molar refractivity (Wildman–Crippen MR) is 76.6 cm³/mol. The van der Waals surface area contributed by atoms with Crippen LogP contribution in [-0.2, 0) is 0 Å². The van der Waals surface area contributed by atoms with Crippen LogP contribution in [0.5, 0.6) is 0 Å². The second-order valence-corrected chi connectivity index (χ2v) is 5.80. The van der Waals surface area contributed by atoms with Crippen molar-refractivity contribution in [2.24, 2.45) is 0 Å². The quantitative estimate of drug-likeness (QED) is 0.376. The van der Waals surface area contributed by atoms with Gasteiger partial charge in [0, 0.05) is 19.7 Å². The van der Waals surface area contributed by atoms with E-state index in [1.165, 1.54) is 6.07 Å². The summed E-state index contributed by atoms with van der Waals surface area (Å²) < 4.78 is 40.7. The monoisotopic (exact) mass is 440 g/mol. The molecule has 2 aromatic rings. The molecule has 0 N–H and O–H groups in total. The molecule has 0 saturated heterocycles. The largest absolute Gasteiger partial charge is 0.288 e. The predicted octanol–water partition coefficient (Wildman–Crippen LogP) is 4.70. The van der Waals surface area contributed by atoms with Crippen molar-refractivity contribution < 1.29 is 18.0 Å². The minimum absolute atomic E-state index is 0.191. The molecule has 0 saturated carbocycles. The molecule has 2 rings (SSSR count). The van der Waals surface area contributed by atoms with Crippen molar-refractivity contribution in [1.29, 1.82) is 0 Å². The van der Waals surface area contributed by atoms with Crippen LogP contribution in [0.15, 0.2) is 34.8 Å². The Hall–Kier alpha value is -0.890. The van der Waals surface area contributed by atoms with Crippen LogP contribution in [-0.4, -0.2) is 5.78 Å². The van der Waals surface area contributed by atoms with E-state index in [1.54, 1.807) is 12.1 Å². The van der Waals surface area contributed by atoms with E-state index < -0.39 is 28.8 Å². The SMILES string of the molecule is O=C(c1cc(F)c(F)cc1F)c1cc(I)ccc1Br. The third kappa shape index (κ3) is 3.00. The molecular weight excluding hydrogens is 436 g/mol. The van der Waals surface area contributed by atoms with E-state index in [0.29, 0.717) is 16.6 Å². The number of benzene rings is 2. The molecule has 0 aliphatic rings. The van der Waals surface area contributed by atoms with E-state index in [2.05, 4.69) is 15.9 Å². The van der Waals surface area contributed by atoms with E-state index in [-0.39, 0.29) is 5.56 Å². The van der Waals surface area contributed by atoms with Gasteiger partial charge < -0.3 is 0 Å². The summed E-state index contributed by atoms with van der Waals surface area (Å²) in [7, 11) is 0. The van der Waals surface area contributed by atoms with E-state index in [0.717, 1.165) is 3.57 Å². The fourth-order valence-electron chi connectivity index (χ4n) is 1.51. The first-order valence-electron chi connectivity index (χ1n) is 5.04. The molecule has 6 heteroatoms. The molecule has 0 radical (unpaired) electrons. The summed E-state index contributed by atoms with van der Waals surface area (Å²) in [6.45, 7) is 0. The zero-order valence-corrected chi connectivity index (χ0v) is 12.9. The fourth-order valence-corrected chi connectivity index (χ4v) is 2.43. The molecule has 0 unspecified atom stereocenters. The van der Waals surface area contributed by atoms with Crippen LogP contribution in [0.25, 0.3) is 0 Å². The molecule has 19 heavy (non-hydrogen) atoms. The summed E-state index contributed by atoms with van der Waals surface area (Å²) in [4.78, 5) is 12.1. The Balaban J connectivity index is 2.56. The maximum Gasteiger partial charge on any atom is 0.197 e. The van der Waals surface area contributed by atoms with Gasteiger partial charge in [0.1, 0.15) is 5.82 Å². The number of halogens is 5. The summed E-state index contributed by atoms with van der Waals surface area (Å²) in [5, 5.41) is 0. The second-order valence-electron chi connectivity index (χ2n) is 3.70. The van der Waals surface area contributed by atoms with Crippen molar-refractivity contribution in [2.45, 2.75) is 0 Å². The average molecular weight is 441 g/mol. The third-order valence-corrected chi connectivity index (χ3v) is 3.79. The molecule has 1 nitrogen and oxygen atoms in total. The number of rotatable bonds is 2. The van der Waals surface area contributed by atoms with E-state index in [4.69, 9.17) is 0 Å². The van der Waals surface area contributed by atoms with Crippen molar-refractivity contribution >= 4 is 44.3 Å². The lowest BCUT2D eigenvalue weighted by Crippen LogP contribution is -2.07. The van der Waals surface area contributed by atoms with Gasteiger partial charge in [0.15, 0.2) is 17.4 Å². The molecule has 0 aromatic heterocycles. The van der Waals surface area contributed by atoms with E-state index in [9.17, 15) is 18.0 Å². The van der Waals surface area contributed by atoms with Gasteiger partial charge in [0.05, 0.1) is 5.56 Å². The number of ketones is 1. The minimum atomic E-state index is -1.32. The number of carbonyl (C=O) groups excluding carboxylic acids is 1. The summed E-state index contributed by atoms with van der Waals surface area (Å²) in [6, 6.07) is 5.85. The lowest BCUT2D eigenvalue weighted by atomic mass is 10.0. The summed E-state index contributed by atoms with van der Waals surface area (Å²) in [5.74, 6) is -4.38. The second kappa shape index (κ2) is 5.62. The van der Waals surface area contributed by atoms with Crippen LogP contribution in [0.4, 0.5) is 13.2 Å². The van der Waals surface area contributed by atoms with Crippen molar-refractivity contribution in [3.8, 4) is 0 Å². The van der Waals surface area contributed by atoms with Gasteiger partial charge in [-0.05, 0) is 46.9 Å². The standard InChI is InChI=1S/C13H5BrF3IO/c14-9-2-1-6(18)3-7(9)13(19)8-4-11(16)12(17)5-10(8)15/h1-5H. The molecule has 0 fully saturated rings. The van der Waals surface area contributed by atoms with Crippen molar-refractivity contribution in [3.05, 3.63) is 67.0 Å². The maximum absolute atomic E-state index is 13.6. The van der Waals surface area contributed by atoms with Gasteiger partial charge in [-0.3, -0.25) is 4.79 Å². The van der Waals surface area contributed by atoms with Crippen LogP contribution in [0.1, 0.15) is 15.9 Å². The van der Waals surface area contributed by atoms with Gasteiger partial charge in [0.25, 0.3) is 0 Å². The van der Waals surface area contributed by atoms with Crippen LogP contribution in [0.3, 0.4) is 0 Å². The Labute approximate surface area is 129 Å². The topological polar surface area (TPSA) is 17.1 Å². The lowest BCUT2D eigenvalue weighted by molar-refractivity contribution is 0.103. The molecule has 0 bridgehead atoms. The number of hydrogen-bond acceptors (Lipinski definition) is 1. The van der Waals surface area contributed by atoms with E-state index in [1.807, 2.05) is 22.6 Å². The highest BCUT2D eigenvalue weighted by Gasteiger charge is 2.19. The smallest absolute Gasteiger partial charge is 0.197 e. The lowest BCUT2D eigenvalue weighted by Gasteiger charge is -2.06. The highest BCUT2D eigenvalue weighted by molar-refractivity contribution is 14.1. The van der Waals surface area contributed by atoms with E-state index >= 15 is 0 Å². The Morgan fingerprint density at radius 2 is 1.58 bits per heavy atom. The van der Waals surface area contributed by atoms with Crippen molar-refractivity contribution in [3.63, 3.8) is 0 Å². The first kappa shape index (κ1) is 14.5. The highest BCUT2D eigenvalue weighted by Crippen LogP contribution is 2.24. The zero-order chi connectivity index (χ0) is 14.2. The van der Waals surface area contributed by atoms with Gasteiger partial charge in [-0.25, -0.2) is 13.2 Å². The summed E-state index contributed by atoms with van der Waals surface area (Å²) >= 11 is 5.17. The number of carbonyl (C=O) groups is 1. The van der Waals surface area contributed by atoms with Crippen molar-refractivity contribution in [2.75, 3.05) is 0 Å². The Kier molecular flexibility index (Phi) is 4.29. The first-order valence-corrected chi connectivity index (χ1v) is 6.91. The fraction of sp³-hybridized carbons (Fsp3) is 0. The molecule has 0 aliphatic carbocycles. The van der Waals surface area contributed by atoms with Gasteiger partial charge in [-0.1, -0.05) is 15.9 Å². The zero-order valence-electron chi connectivity index (χ0n) is 9.18. The van der Waals surface area contributed by atoms with Gasteiger partial charge in [-0.15, -0.1) is 0 Å². The Morgan fingerprint density at radius 1 is 0.947 bits per heavy atom. The molecule has 98 valence electrons. The highest BCUT2D eigenvalue weighted by atomic mass is 127. The van der Waals surface area contributed by atoms with Gasteiger partial charge in [0.2, 0.25) is 0 Å². The average Bonchev–Trinajstić information content (AvgIpc) is 2.36. The minimum Gasteiger partial charge on any atom is -0.288 e.